The van der Waals surface area contributed by atoms with Gasteiger partial charge < -0.3 is 54.8 Å². The minimum absolute atomic E-state index is 0.0345. The fourth-order valence-electron chi connectivity index (χ4n) is 9.95. The van der Waals surface area contributed by atoms with Gasteiger partial charge in [-0.1, -0.05) is 57.2 Å². The maximum Gasteiger partial charge on any atom is 0.253 e. The van der Waals surface area contributed by atoms with Crippen molar-refractivity contribution in [1.29, 1.82) is 0 Å². The molecule has 0 saturated carbocycles. The maximum absolute atomic E-state index is 14.1. The first-order chi connectivity index (χ1) is 36.3. The normalized spacial score (nSPS) is 16.7. The minimum atomic E-state index is -0.994. The van der Waals surface area contributed by atoms with E-state index in [1.807, 2.05) is 122 Å². The number of carbonyl (C=O) groups is 4. The van der Waals surface area contributed by atoms with Gasteiger partial charge in [0.2, 0.25) is 17.7 Å². The predicted octanol–water partition coefficient (Wildman–Crippen LogP) is 7.12. The number of hydrogen-bond acceptors (Lipinski definition) is 13. The van der Waals surface area contributed by atoms with E-state index in [4.69, 9.17) is 18.9 Å². The quantitative estimate of drug-likeness (QED) is 0.0439. The van der Waals surface area contributed by atoms with Crippen molar-refractivity contribution in [2.24, 2.45) is 5.41 Å². The number of β-amino-alcohol motifs (C(OH)–C–C–N with tert-alkyl or cyclic N) is 1. The number of pyridine rings is 1. The summed E-state index contributed by atoms with van der Waals surface area (Å²) in [6, 6.07) is 19.5. The lowest BCUT2D eigenvalue weighted by molar-refractivity contribution is -0.144. The van der Waals surface area contributed by atoms with Crippen molar-refractivity contribution >= 4 is 40.7 Å². The summed E-state index contributed by atoms with van der Waals surface area (Å²) in [5.41, 5.74) is 10.0. The number of nitrogens with one attached hydrogen (secondary N) is 4. The highest BCUT2D eigenvalue weighted by molar-refractivity contribution is 7.13. The lowest BCUT2D eigenvalue weighted by Gasteiger charge is -2.37. The molecule has 7 rings (SSSR count). The summed E-state index contributed by atoms with van der Waals surface area (Å²) in [4.78, 5) is 79.7. The Kier molecular flexibility index (Phi) is 19.6. The lowest BCUT2D eigenvalue weighted by Crippen LogP contribution is -2.58. The van der Waals surface area contributed by atoms with E-state index < -0.39 is 35.4 Å². The van der Waals surface area contributed by atoms with Crippen LogP contribution in [0.5, 0.6) is 5.75 Å². The Balaban J connectivity index is 0.874. The number of nitrogens with zero attached hydrogens (tertiary/aromatic N) is 3. The van der Waals surface area contributed by atoms with Gasteiger partial charge in [0.15, 0.2) is 0 Å². The first-order valence-corrected chi connectivity index (χ1v) is 27.1. The van der Waals surface area contributed by atoms with E-state index in [-0.39, 0.29) is 82.0 Å². The monoisotopic (exact) mass is 1060 g/mol. The lowest BCUT2D eigenvalue weighted by atomic mass is 9.85. The number of aromatic nitrogens is 2. The molecule has 0 bridgehead atoms. The molecule has 2 saturated heterocycles. The SMILES string of the molecule is CCN(c1cc(-c2ccc(OCCOCCOCC(=O)NC(C(=O)N3C[C@@H](O)C[C@@H]3C(=O)NC(C)c3ccc(-c4scnc4C)cc3)C(C)(C)C)cc2)cc(C(=O)NCc2c(C)cc(C)[nH]c2=O)c1C)C1CCOCC1. The molecule has 0 spiro atoms. The first-order valence-electron chi connectivity index (χ1n) is 26.3. The largest absolute Gasteiger partial charge is 0.491 e. The molecule has 2 unspecified atom stereocenters. The Morgan fingerprint density at radius 1 is 0.908 bits per heavy atom. The molecule has 17 nitrogen and oxygen atoms in total. The van der Waals surface area contributed by atoms with Crippen LogP contribution in [-0.2, 0) is 35.1 Å². The summed E-state index contributed by atoms with van der Waals surface area (Å²) in [5.74, 6) is -0.964. The Morgan fingerprint density at radius 2 is 1.59 bits per heavy atom. The second kappa shape index (κ2) is 26.1. The topological polar surface area (TPSA) is 214 Å². The number of aromatic amines is 1. The third kappa shape index (κ3) is 14.5. The van der Waals surface area contributed by atoms with Crippen molar-refractivity contribution in [3.63, 3.8) is 0 Å². The number of carbonyl (C=O) groups excluding carboxylic acids is 4. The van der Waals surface area contributed by atoms with Crippen LogP contribution in [0, 0.1) is 33.1 Å². The number of benzene rings is 3. The first kappa shape index (κ1) is 57.3. The molecule has 18 heteroatoms. The van der Waals surface area contributed by atoms with Crippen molar-refractivity contribution in [2.75, 3.05) is 64.2 Å². The molecule has 2 fully saturated rings. The third-order valence-corrected chi connectivity index (χ3v) is 15.2. The number of amides is 4. The van der Waals surface area contributed by atoms with Crippen LogP contribution in [0.15, 0.2) is 77.0 Å². The zero-order chi connectivity index (χ0) is 54.7. The summed E-state index contributed by atoms with van der Waals surface area (Å²) in [6.07, 6.45) is 0.963. The van der Waals surface area contributed by atoms with E-state index in [1.54, 1.807) is 11.3 Å². The smallest absolute Gasteiger partial charge is 0.253 e. The average molecular weight is 1060 g/mol. The number of aliphatic hydroxyl groups is 1. The molecular weight excluding hydrogens is 987 g/mol. The number of aliphatic hydroxyl groups excluding tert-OH is 1. The van der Waals surface area contributed by atoms with Gasteiger partial charge in [0.25, 0.3) is 11.5 Å². The Bertz CT molecular complexity index is 2860. The van der Waals surface area contributed by atoms with Crippen molar-refractivity contribution in [3.8, 4) is 27.3 Å². The van der Waals surface area contributed by atoms with Gasteiger partial charge in [0.05, 0.1) is 48.0 Å². The third-order valence-electron chi connectivity index (χ3n) is 14.2. The molecule has 0 aliphatic carbocycles. The standard InChI is InChI=1S/C58H75N7O10S/c1-10-64(44-19-21-72-22-20-44)49-29-43(28-47(37(49)4)54(68)59-31-48-35(2)27-36(3)61-55(48)69)41-15-17-46(18-16-41)75-26-25-73-23-24-74-33-51(67)63-53(58(7,8)9)57(71)65-32-45(66)30-50(65)56(70)62-38(5)40-11-13-42(14-12-40)52-39(6)60-34-76-52/h11-18,27-29,34,38,44-45,50,53,66H,10,19-26,30-33H2,1-9H3,(H,59,68)(H,61,69)(H,62,70)(H,63,67)/t38?,45-,50+,53?/m0/s1. The van der Waals surface area contributed by atoms with Crippen LogP contribution in [0.2, 0.25) is 0 Å². The van der Waals surface area contributed by atoms with Gasteiger partial charge in [-0.2, -0.15) is 0 Å². The van der Waals surface area contributed by atoms with Gasteiger partial charge >= 0.3 is 0 Å². The van der Waals surface area contributed by atoms with Crippen LogP contribution < -0.4 is 31.1 Å². The molecule has 2 aliphatic rings. The molecular formula is C58H75N7O10S. The van der Waals surface area contributed by atoms with Crippen LogP contribution in [0.1, 0.15) is 104 Å². The van der Waals surface area contributed by atoms with Gasteiger partial charge in [0.1, 0.15) is 31.0 Å². The van der Waals surface area contributed by atoms with Gasteiger partial charge in [-0.25, -0.2) is 4.98 Å². The van der Waals surface area contributed by atoms with E-state index in [2.05, 4.69) is 43.8 Å². The number of thiazole rings is 1. The number of hydrogen-bond donors (Lipinski definition) is 5. The predicted molar refractivity (Wildman–Crippen MR) is 295 cm³/mol. The number of H-pyrrole nitrogens is 1. The fourth-order valence-corrected chi connectivity index (χ4v) is 10.8. The van der Waals surface area contributed by atoms with E-state index >= 15 is 0 Å². The molecule has 2 aliphatic heterocycles. The second-order valence-electron chi connectivity index (χ2n) is 20.8. The van der Waals surface area contributed by atoms with E-state index in [1.165, 1.54) is 4.90 Å². The van der Waals surface area contributed by atoms with Gasteiger partial charge in [0, 0.05) is 67.8 Å². The van der Waals surface area contributed by atoms with Crippen LogP contribution in [0.3, 0.4) is 0 Å². The van der Waals surface area contributed by atoms with E-state index in [9.17, 15) is 29.1 Å². The van der Waals surface area contributed by atoms with Crippen molar-refractivity contribution in [2.45, 2.75) is 118 Å². The molecule has 0 radical (unpaired) electrons. The Labute approximate surface area is 450 Å². The molecule has 4 heterocycles. The van der Waals surface area contributed by atoms with Crippen LogP contribution in [0.25, 0.3) is 21.6 Å². The Hall–Kier alpha value is -6.44. The summed E-state index contributed by atoms with van der Waals surface area (Å²) >= 11 is 1.57. The molecule has 3 aromatic carbocycles. The molecule has 4 atom stereocenters. The zero-order valence-corrected chi connectivity index (χ0v) is 46.2. The number of aryl methyl sites for hydroxylation is 3. The highest BCUT2D eigenvalue weighted by atomic mass is 32.1. The number of rotatable bonds is 22. The van der Waals surface area contributed by atoms with Crippen LogP contribution >= 0.6 is 11.3 Å². The summed E-state index contributed by atoms with van der Waals surface area (Å²) in [6.45, 7) is 19.9. The number of anilines is 1. The summed E-state index contributed by atoms with van der Waals surface area (Å²) in [5, 5.41) is 19.5. The van der Waals surface area contributed by atoms with Crippen molar-refractivity contribution in [3.05, 3.63) is 122 Å². The van der Waals surface area contributed by atoms with E-state index in [0.29, 0.717) is 30.1 Å². The molecule has 5 aromatic rings. The minimum Gasteiger partial charge on any atom is -0.491 e. The fraction of sp³-hybridized carbons (Fsp3) is 0.483. The maximum atomic E-state index is 14.1. The number of ether oxygens (including phenoxy) is 4. The molecule has 408 valence electrons. The van der Waals surface area contributed by atoms with Crippen molar-refractivity contribution < 1.29 is 43.2 Å². The molecule has 4 amide bonds. The van der Waals surface area contributed by atoms with Gasteiger partial charge in [-0.05, 0) is 124 Å². The van der Waals surface area contributed by atoms with Crippen LogP contribution in [0.4, 0.5) is 5.69 Å². The zero-order valence-electron chi connectivity index (χ0n) is 45.4. The van der Waals surface area contributed by atoms with Gasteiger partial charge in [-0.15, -0.1) is 11.3 Å². The summed E-state index contributed by atoms with van der Waals surface area (Å²) in [7, 11) is 0. The Morgan fingerprint density at radius 3 is 2.25 bits per heavy atom. The van der Waals surface area contributed by atoms with Gasteiger partial charge in [-0.3, -0.25) is 24.0 Å². The molecule has 5 N–H and O–H groups in total. The average Bonchev–Trinajstić information content (AvgIpc) is 4.02. The highest BCUT2D eigenvalue weighted by Crippen LogP contribution is 2.35. The molecule has 2 aromatic heterocycles. The number of likely N-dealkylation sites (tertiary alicyclic amines) is 1. The molecule has 76 heavy (non-hydrogen) atoms. The van der Waals surface area contributed by atoms with Crippen molar-refractivity contribution in [1.82, 2.24) is 30.8 Å². The summed E-state index contributed by atoms with van der Waals surface area (Å²) < 4.78 is 23.0. The second-order valence-corrected chi connectivity index (χ2v) is 21.7. The van der Waals surface area contributed by atoms with E-state index in [0.717, 1.165) is 74.7 Å². The van der Waals surface area contributed by atoms with Crippen LogP contribution in [-0.4, -0.2) is 127 Å². The highest BCUT2D eigenvalue weighted by Gasteiger charge is 2.45.